The second-order valence-corrected chi connectivity index (χ2v) is 8.27. The number of carbonyl (C=O) groups is 1. The molecule has 0 aliphatic carbocycles. The van der Waals surface area contributed by atoms with Gasteiger partial charge in [0.2, 0.25) is 0 Å². The number of hydrogen-bond acceptors (Lipinski definition) is 2. The average Bonchev–Trinajstić information content (AvgIpc) is 2.83. The van der Waals surface area contributed by atoms with E-state index in [4.69, 9.17) is 0 Å². The van der Waals surface area contributed by atoms with Crippen molar-refractivity contribution >= 4 is 17.4 Å². The summed E-state index contributed by atoms with van der Waals surface area (Å²) in [6, 6.07) is 4.34. The van der Waals surface area contributed by atoms with Crippen LogP contribution in [0.5, 0.6) is 0 Å². The minimum absolute atomic E-state index is 0.0135. The molecule has 1 aliphatic heterocycles. The topological polar surface area (TPSA) is 32.3 Å². The molecular weight excluding hydrogens is 280 g/mol. The van der Waals surface area contributed by atoms with Crippen molar-refractivity contribution in [3.05, 3.63) is 22.4 Å². The molecular formula is C17H28N2OS. The zero-order chi connectivity index (χ0) is 15.5. The van der Waals surface area contributed by atoms with Crippen molar-refractivity contribution in [2.45, 2.75) is 53.0 Å². The molecule has 3 nitrogen and oxygen atoms in total. The molecule has 2 heterocycles. The van der Waals surface area contributed by atoms with Crippen LogP contribution in [0, 0.1) is 11.3 Å². The number of urea groups is 1. The van der Waals surface area contributed by atoms with Crippen molar-refractivity contribution < 1.29 is 4.79 Å². The van der Waals surface area contributed by atoms with Crippen molar-refractivity contribution in [1.29, 1.82) is 0 Å². The van der Waals surface area contributed by atoms with Gasteiger partial charge in [0.05, 0.1) is 6.04 Å². The van der Waals surface area contributed by atoms with Crippen molar-refractivity contribution in [3.8, 4) is 0 Å². The van der Waals surface area contributed by atoms with Crippen LogP contribution in [-0.4, -0.2) is 24.0 Å². The van der Waals surface area contributed by atoms with Gasteiger partial charge in [-0.3, -0.25) is 0 Å². The molecule has 118 valence electrons. The summed E-state index contributed by atoms with van der Waals surface area (Å²) in [6.45, 7) is 10.6. The summed E-state index contributed by atoms with van der Waals surface area (Å²) in [6.07, 6.45) is 3.47. The van der Waals surface area contributed by atoms with Gasteiger partial charge < -0.3 is 10.2 Å². The van der Waals surface area contributed by atoms with Crippen LogP contribution in [0.2, 0.25) is 0 Å². The number of likely N-dealkylation sites (tertiary alicyclic amines) is 1. The first kappa shape index (κ1) is 16.3. The minimum atomic E-state index is 0.0135. The second-order valence-electron chi connectivity index (χ2n) is 7.29. The number of carbonyl (C=O) groups excluding carboxylic acids is 1. The van der Waals surface area contributed by atoms with Crippen LogP contribution in [0.1, 0.15) is 57.9 Å². The molecule has 0 spiro atoms. The molecule has 2 atom stereocenters. The fourth-order valence-corrected chi connectivity index (χ4v) is 3.87. The van der Waals surface area contributed by atoms with Crippen molar-refractivity contribution in [2.24, 2.45) is 11.3 Å². The summed E-state index contributed by atoms with van der Waals surface area (Å²) in [5.74, 6) is 0.735. The molecule has 4 heteroatoms. The lowest BCUT2D eigenvalue weighted by Crippen LogP contribution is -2.45. The van der Waals surface area contributed by atoms with E-state index in [1.54, 1.807) is 11.3 Å². The van der Waals surface area contributed by atoms with Gasteiger partial charge in [0.15, 0.2) is 0 Å². The Labute approximate surface area is 132 Å². The number of hydrogen-bond donors (Lipinski definition) is 1. The van der Waals surface area contributed by atoms with E-state index in [0.717, 1.165) is 31.8 Å². The van der Waals surface area contributed by atoms with Crippen LogP contribution in [0.4, 0.5) is 4.79 Å². The van der Waals surface area contributed by atoms with E-state index in [1.807, 2.05) is 4.90 Å². The van der Waals surface area contributed by atoms with E-state index in [1.165, 1.54) is 11.3 Å². The Kier molecular flexibility index (Phi) is 5.31. The third kappa shape index (κ3) is 4.47. The molecule has 0 bridgehead atoms. The largest absolute Gasteiger partial charge is 0.330 e. The van der Waals surface area contributed by atoms with Gasteiger partial charge in [-0.15, -0.1) is 11.3 Å². The normalized spacial score (nSPS) is 21.7. The first-order valence-electron chi connectivity index (χ1n) is 7.97. The fraction of sp³-hybridized carbons (Fsp3) is 0.706. The molecule has 1 aromatic heterocycles. The summed E-state index contributed by atoms with van der Waals surface area (Å²) in [5.41, 5.74) is 0.0135. The maximum absolute atomic E-state index is 12.6. The van der Waals surface area contributed by atoms with E-state index >= 15 is 0 Å². The van der Waals surface area contributed by atoms with E-state index < -0.39 is 0 Å². The second kappa shape index (κ2) is 6.82. The Morgan fingerprint density at radius 3 is 2.76 bits per heavy atom. The van der Waals surface area contributed by atoms with Gasteiger partial charge in [0.1, 0.15) is 0 Å². The summed E-state index contributed by atoms with van der Waals surface area (Å²) >= 11 is 1.72. The molecule has 1 N–H and O–H groups in total. The zero-order valence-corrected chi connectivity index (χ0v) is 14.5. The van der Waals surface area contributed by atoms with Crippen LogP contribution in [0.25, 0.3) is 0 Å². The number of thiophene rings is 1. The Bertz CT molecular complexity index is 450. The lowest BCUT2D eigenvalue weighted by atomic mass is 9.86. The van der Waals surface area contributed by atoms with Crippen molar-refractivity contribution in [2.75, 3.05) is 13.1 Å². The minimum Gasteiger partial charge on any atom is -0.330 e. The Morgan fingerprint density at radius 2 is 2.14 bits per heavy atom. The summed E-state index contributed by atoms with van der Waals surface area (Å²) < 4.78 is 0. The smallest absolute Gasteiger partial charge is 0.317 e. The average molecular weight is 308 g/mol. The highest BCUT2D eigenvalue weighted by molar-refractivity contribution is 7.10. The molecule has 0 saturated carbocycles. The van der Waals surface area contributed by atoms with Gasteiger partial charge in [0, 0.05) is 18.0 Å². The third-order valence-corrected chi connectivity index (χ3v) is 5.20. The lowest BCUT2D eigenvalue weighted by molar-refractivity contribution is 0.181. The van der Waals surface area contributed by atoms with Crippen LogP contribution >= 0.6 is 11.3 Å². The molecule has 1 saturated heterocycles. The summed E-state index contributed by atoms with van der Waals surface area (Å²) in [5, 5.41) is 5.35. The number of nitrogens with one attached hydrogen (secondary N) is 1. The highest BCUT2D eigenvalue weighted by atomic mass is 32.1. The molecule has 0 radical (unpaired) electrons. The summed E-state index contributed by atoms with van der Waals surface area (Å²) in [7, 11) is 0. The van der Waals surface area contributed by atoms with E-state index in [2.05, 4.69) is 50.5 Å². The van der Waals surface area contributed by atoms with Gasteiger partial charge in [0.25, 0.3) is 0 Å². The summed E-state index contributed by atoms with van der Waals surface area (Å²) in [4.78, 5) is 15.9. The Hall–Kier alpha value is -1.03. The predicted octanol–water partition coefficient (Wildman–Crippen LogP) is 4.67. The van der Waals surface area contributed by atoms with Crippen molar-refractivity contribution in [3.63, 3.8) is 0 Å². The van der Waals surface area contributed by atoms with E-state index in [0.29, 0.717) is 0 Å². The highest BCUT2D eigenvalue weighted by Crippen LogP contribution is 2.35. The third-order valence-electron chi connectivity index (χ3n) is 4.27. The highest BCUT2D eigenvalue weighted by Gasteiger charge is 2.30. The van der Waals surface area contributed by atoms with Gasteiger partial charge in [-0.25, -0.2) is 4.79 Å². The van der Waals surface area contributed by atoms with Gasteiger partial charge in [-0.2, -0.15) is 0 Å². The van der Waals surface area contributed by atoms with E-state index in [9.17, 15) is 4.79 Å². The Morgan fingerprint density at radius 1 is 1.38 bits per heavy atom. The van der Waals surface area contributed by atoms with Crippen LogP contribution in [0.3, 0.4) is 0 Å². The number of amides is 2. The van der Waals surface area contributed by atoms with Gasteiger partial charge >= 0.3 is 6.03 Å². The monoisotopic (exact) mass is 308 g/mol. The predicted molar refractivity (Wildman–Crippen MR) is 89.6 cm³/mol. The number of nitrogens with zero attached hydrogens (tertiary/aromatic N) is 1. The molecule has 21 heavy (non-hydrogen) atoms. The zero-order valence-electron chi connectivity index (χ0n) is 13.7. The van der Waals surface area contributed by atoms with Crippen LogP contribution in [0.15, 0.2) is 17.5 Å². The molecule has 1 fully saturated rings. The molecule has 1 aliphatic rings. The Balaban J connectivity index is 2.04. The van der Waals surface area contributed by atoms with Crippen LogP contribution in [-0.2, 0) is 0 Å². The fourth-order valence-electron chi connectivity index (χ4n) is 2.85. The quantitative estimate of drug-likeness (QED) is 0.846. The first-order valence-corrected chi connectivity index (χ1v) is 8.84. The SMILES string of the molecule is C[C@@H]1CCCN(C(=O)N[C@H](c2cccs2)C(C)(C)C)CC1. The number of rotatable bonds is 2. The van der Waals surface area contributed by atoms with Crippen LogP contribution < -0.4 is 5.32 Å². The molecule has 2 amide bonds. The van der Waals surface area contributed by atoms with E-state index in [-0.39, 0.29) is 17.5 Å². The molecule has 0 unspecified atom stereocenters. The molecule has 2 rings (SSSR count). The molecule has 1 aromatic rings. The van der Waals surface area contributed by atoms with Gasteiger partial charge in [-0.1, -0.05) is 33.8 Å². The maximum Gasteiger partial charge on any atom is 0.317 e. The lowest BCUT2D eigenvalue weighted by Gasteiger charge is -2.33. The maximum atomic E-state index is 12.6. The standard InChI is InChI=1S/C17H28N2OS/c1-13-7-5-10-19(11-9-13)16(20)18-15(17(2,3)4)14-8-6-12-21-14/h6,8,12-13,15H,5,7,9-11H2,1-4H3,(H,18,20)/t13-,15-/m1/s1. The molecule has 0 aromatic carbocycles. The van der Waals surface area contributed by atoms with Gasteiger partial charge in [-0.05, 0) is 42.0 Å². The first-order chi connectivity index (χ1) is 9.88. The van der Waals surface area contributed by atoms with Crippen molar-refractivity contribution in [1.82, 2.24) is 10.2 Å².